The van der Waals surface area contributed by atoms with Gasteiger partial charge in [0.05, 0.1) is 0 Å². The fourth-order valence-corrected chi connectivity index (χ4v) is 1.92. The molecule has 2 heteroatoms. The summed E-state index contributed by atoms with van der Waals surface area (Å²) < 4.78 is 0. The molecule has 1 unspecified atom stereocenters. The van der Waals surface area contributed by atoms with Gasteiger partial charge in [-0.3, -0.25) is 4.79 Å². The normalized spacial score (nSPS) is 25.4. The van der Waals surface area contributed by atoms with Crippen molar-refractivity contribution in [3.8, 4) is 0 Å². The minimum Gasteiger partial charge on any atom is -0.293 e. The fraction of sp³-hybridized carbons (Fsp3) is 0.700. The van der Waals surface area contributed by atoms with E-state index in [1.165, 1.54) is 0 Å². The van der Waals surface area contributed by atoms with Crippen molar-refractivity contribution >= 4 is 18.4 Å². The van der Waals surface area contributed by atoms with Crippen molar-refractivity contribution in [2.24, 2.45) is 11.8 Å². The van der Waals surface area contributed by atoms with E-state index in [1.807, 2.05) is 6.92 Å². The summed E-state index contributed by atoms with van der Waals surface area (Å²) in [5.41, 5.74) is 1.15. The highest BCUT2D eigenvalue weighted by molar-refractivity contribution is 7.85. The topological polar surface area (TPSA) is 17.1 Å². The first-order chi connectivity index (χ1) is 5.54. The summed E-state index contributed by atoms with van der Waals surface area (Å²) in [4.78, 5) is 12.4. The van der Waals surface area contributed by atoms with E-state index in [9.17, 15) is 4.79 Å². The third-order valence-corrected chi connectivity index (χ3v) is 3.21. The molecular weight excluding hydrogens is 168 g/mol. The van der Waals surface area contributed by atoms with Gasteiger partial charge in [0.15, 0.2) is 5.78 Å². The van der Waals surface area contributed by atoms with Gasteiger partial charge in [-0.25, -0.2) is 0 Å². The highest BCUT2D eigenvalue weighted by atomic mass is 32.1. The maximum atomic E-state index is 11.6. The predicted molar refractivity (Wildman–Crippen MR) is 54.3 cm³/mol. The smallest absolute Gasteiger partial charge is 0.172 e. The standard InChI is InChI=1S/C10H16OS/c1-6(2)8-5-4-7(3)10(12)9(8)11/h6,8,12H,4-5H2,1-3H3. The number of allylic oxidation sites excluding steroid dienone is 2. The lowest BCUT2D eigenvalue weighted by Crippen LogP contribution is -2.24. The Bertz CT molecular complexity index is 228. The van der Waals surface area contributed by atoms with Crippen LogP contribution in [-0.4, -0.2) is 5.78 Å². The zero-order valence-electron chi connectivity index (χ0n) is 7.92. The summed E-state index contributed by atoms with van der Waals surface area (Å²) in [5, 5.41) is 0. The van der Waals surface area contributed by atoms with Gasteiger partial charge < -0.3 is 0 Å². The van der Waals surface area contributed by atoms with Gasteiger partial charge in [-0.15, -0.1) is 12.6 Å². The number of hydrogen-bond acceptors (Lipinski definition) is 2. The number of carbonyl (C=O) groups is 1. The number of ketones is 1. The van der Waals surface area contributed by atoms with Crippen molar-refractivity contribution in [1.29, 1.82) is 0 Å². The summed E-state index contributed by atoms with van der Waals surface area (Å²) >= 11 is 4.24. The summed E-state index contributed by atoms with van der Waals surface area (Å²) in [7, 11) is 0. The number of carbonyl (C=O) groups excluding carboxylic acids is 1. The van der Waals surface area contributed by atoms with Crippen molar-refractivity contribution in [2.45, 2.75) is 33.6 Å². The average molecular weight is 184 g/mol. The van der Waals surface area contributed by atoms with Crippen LogP contribution in [0.15, 0.2) is 10.5 Å². The Balaban J connectivity index is 2.84. The van der Waals surface area contributed by atoms with E-state index in [2.05, 4.69) is 26.5 Å². The first-order valence-corrected chi connectivity index (χ1v) is 4.91. The largest absolute Gasteiger partial charge is 0.293 e. The monoisotopic (exact) mass is 184 g/mol. The molecule has 0 aromatic rings. The predicted octanol–water partition coefficient (Wildman–Crippen LogP) is 2.83. The lowest BCUT2D eigenvalue weighted by Gasteiger charge is -2.25. The van der Waals surface area contributed by atoms with Crippen LogP contribution in [0.25, 0.3) is 0 Å². The Morgan fingerprint density at radius 2 is 2.08 bits per heavy atom. The molecule has 0 heterocycles. The molecule has 0 aliphatic heterocycles. The van der Waals surface area contributed by atoms with Gasteiger partial charge in [-0.1, -0.05) is 19.4 Å². The van der Waals surface area contributed by atoms with Gasteiger partial charge >= 0.3 is 0 Å². The van der Waals surface area contributed by atoms with E-state index in [0.29, 0.717) is 10.8 Å². The third kappa shape index (κ3) is 1.74. The van der Waals surface area contributed by atoms with Gasteiger partial charge in [0, 0.05) is 10.8 Å². The Labute approximate surface area is 79.6 Å². The highest BCUT2D eigenvalue weighted by Crippen LogP contribution is 2.32. The van der Waals surface area contributed by atoms with E-state index in [0.717, 1.165) is 18.4 Å². The summed E-state index contributed by atoms with van der Waals surface area (Å²) in [6.45, 7) is 6.20. The fourth-order valence-electron chi connectivity index (χ4n) is 1.64. The Morgan fingerprint density at radius 1 is 1.50 bits per heavy atom. The zero-order chi connectivity index (χ0) is 9.30. The molecule has 0 aromatic heterocycles. The SMILES string of the molecule is CC1=C(S)C(=O)C(C(C)C)CC1. The molecule has 68 valence electrons. The Hall–Kier alpha value is -0.240. The Kier molecular flexibility index (Phi) is 2.99. The van der Waals surface area contributed by atoms with Crippen molar-refractivity contribution in [3.63, 3.8) is 0 Å². The van der Waals surface area contributed by atoms with Crippen LogP contribution in [0.5, 0.6) is 0 Å². The van der Waals surface area contributed by atoms with Crippen LogP contribution in [0.4, 0.5) is 0 Å². The Morgan fingerprint density at radius 3 is 2.58 bits per heavy atom. The van der Waals surface area contributed by atoms with Crippen LogP contribution in [-0.2, 0) is 4.79 Å². The molecule has 0 fully saturated rings. The maximum absolute atomic E-state index is 11.6. The first-order valence-electron chi connectivity index (χ1n) is 4.47. The molecule has 1 aliphatic rings. The minimum absolute atomic E-state index is 0.209. The molecule has 1 aliphatic carbocycles. The summed E-state index contributed by atoms with van der Waals surface area (Å²) in [5.74, 6) is 0.908. The van der Waals surface area contributed by atoms with Crippen molar-refractivity contribution in [2.75, 3.05) is 0 Å². The van der Waals surface area contributed by atoms with Crippen molar-refractivity contribution < 1.29 is 4.79 Å². The maximum Gasteiger partial charge on any atom is 0.172 e. The second-order valence-electron chi connectivity index (χ2n) is 3.88. The summed E-state index contributed by atoms with van der Waals surface area (Å²) in [6.07, 6.45) is 2.04. The van der Waals surface area contributed by atoms with Crippen LogP contribution >= 0.6 is 12.6 Å². The molecule has 0 spiro atoms. The molecule has 0 saturated carbocycles. The molecule has 12 heavy (non-hydrogen) atoms. The molecule has 1 atom stereocenters. The third-order valence-electron chi connectivity index (χ3n) is 2.61. The lowest BCUT2D eigenvalue weighted by atomic mass is 9.81. The number of rotatable bonds is 1. The molecule has 0 bridgehead atoms. The number of thiol groups is 1. The molecular formula is C10H16OS. The number of hydrogen-bond donors (Lipinski definition) is 1. The number of Topliss-reactive ketones (excluding diaryl/α,β-unsaturated/α-hetero) is 1. The van der Waals surface area contributed by atoms with Crippen LogP contribution in [0.3, 0.4) is 0 Å². The van der Waals surface area contributed by atoms with Gasteiger partial charge in [-0.05, 0) is 25.7 Å². The van der Waals surface area contributed by atoms with Crippen LogP contribution in [0.2, 0.25) is 0 Å². The van der Waals surface area contributed by atoms with Crippen LogP contribution in [0, 0.1) is 11.8 Å². The molecule has 1 rings (SSSR count). The molecule has 0 aromatic carbocycles. The van der Waals surface area contributed by atoms with E-state index in [1.54, 1.807) is 0 Å². The molecule has 0 radical (unpaired) electrons. The molecule has 0 amide bonds. The van der Waals surface area contributed by atoms with E-state index >= 15 is 0 Å². The molecule has 0 N–H and O–H groups in total. The average Bonchev–Trinajstić information content (AvgIpc) is 2.00. The minimum atomic E-state index is 0.209. The van der Waals surface area contributed by atoms with E-state index in [-0.39, 0.29) is 11.7 Å². The van der Waals surface area contributed by atoms with Crippen LogP contribution in [0.1, 0.15) is 33.6 Å². The highest BCUT2D eigenvalue weighted by Gasteiger charge is 2.28. The van der Waals surface area contributed by atoms with E-state index < -0.39 is 0 Å². The van der Waals surface area contributed by atoms with Crippen molar-refractivity contribution in [3.05, 3.63) is 10.5 Å². The van der Waals surface area contributed by atoms with Gasteiger partial charge in [0.25, 0.3) is 0 Å². The zero-order valence-corrected chi connectivity index (χ0v) is 8.82. The molecule has 0 saturated heterocycles. The van der Waals surface area contributed by atoms with Crippen LogP contribution < -0.4 is 0 Å². The second-order valence-corrected chi connectivity index (χ2v) is 4.33. The van der Waals surface area contributed by atoms with Gasteiger partial charge in [0.1, 0.15) is 0 Å². The van der Waals surface area contributed by atoms with Gasteiger partial charge in [0.2, 0.25) is 0 Å². The molecule has 1 nitrogen and oxygen atoms in total. The summed E-state index contributed by atoms with van der Waals surface area (Å²) in [6, 6.07) is 0. The van der Waals surface area contributed by atoms with Crippen molar-refractivity contribution in [1.82, 2.24) is 0 Å². The van der Waals surface area contributed by atoms with E-state index in [4.69, 9.17) is 0 Å². The first kappa shape index (κ1) is 9.85. The lowest BCUT2D eigenvalue weighted by molar-refractivity contribution is -0.120. The quantitative estimate of drug-likeness (QED) is 0.620. The second kappa shape index (κ2) is 3.65. The van der Waals surface area contributed by atoms with Gasteiger partial charge in [-0.2, -0.15) is 0 Å².